The van der Waals surface area contributed by atoms with E-state index in [1.54, 1.807) is 0 Å². The predicted octanol–water partition coefficient (Wildman–Crippen LogP) is 4.51. The number of hydrogen-bond donors (Lipinski definition) is 2. The zero-order chi connectivity index (χ0) is 20.5. The van der Waals surface area contributed by atoms with Gasteiger partial charge in [-0.1, -0.05) is 65.7 Å². The first-order chi connectivity index (χ1) is 14.1. The Balaban J connectivity index is 1.71. The summed E-state index contributed by atoms with van der Waals surface area (Å²) in [4.78, 5) is 0. The van der Waals surface area contributed by atoms with Gasteiger partial charge < -0.3 is 20.5 Å². The standard InChI is InChI=1S/C25H30N2O2/c1-19-3-7-21(8-4-19)17-28-24-12-11-23(16-27-14-13-26)15-25(24)29-18-22-9-5-20(2)6-10-22/h3-12,15,27H,13-14,16-18,26H2,1-2H3. The van der Waals surface area contributed by atoms with Crippen molar-refractivity contribution in [2.75, 3.05) is 13.1 Å². The van der Waals surface area contributed by atoms with Crippen LogP contribution in [0.1, 0.15) is 27.8 Å². The van der Waals surface area contributed by atoms with Crippen LogP contribution in [0, 0.1) is 13.8 Å². The molecule has 0 atom stereocenters. The third kappa shape index (κ3) is 6.63. The molecule has 0 aliphatic heterocycles. The summed E-state index contributed by atoms with van der Waals surface area (Å²) in [6.07, 6.45) is 0. The molecule has 3 rings (SSSR count). The Labute approximate surface area is 173 Å². The van der Waals surface area contributed by atoms with Crippen LogP contribution in [0.25, 0.3) is 0 Å². The second-order valence-corrected chi connectivity index (χ2v) is 7.30. The highest BCUT2D eigenvalue weighted by Crippen LogP contribution is 2.30. The van der Waals surface area contributed by atoms with Gasteiger partial charge >= 0.3 is 0 Å². The molecule has 152 valence electrons. The Hall–Kier alpha value is -2.82. The van der Waals surface area contributed by atoms with Crippen LogP contribution in [0.4, 0.5) is 0 Å². The molecule has 0 bridgehead atoms. The number of ether oxygens (including phenoxy) is 2. The summed E-state index contributed by atoms with van der Waals surface area (Å²) in [7, 11) is 0. The van der Waals surface area contributed by atoms with Crippen LogP contribution in [0.15, 0.2) is 66.7 Å². The number of benzene rings is 3. The van der Waals surface area contributed by atoms with Crippen LogP contribution in [0.5, 0.6) is 11.5 Å². The van der Waals surface area contributed by atoms with E-state index in [0.29, 0.717) is 19.8 Å². The Kier molecular flexibility index (Phi) is 7.68. The van der Waals surface area contributed by atoms with Crippen molar-refractivity contribution in [3.05, 3.63) is 94.5 Å². The molecule has 0 spiro atoms. The molecular weight excluding hydrogens is 360 g/mol. The topological polar surface area (TPSA) is 56.5 Å². The molecule has 0 heterocycles. The summed E-state index contributed by atoms with van der Waals surface area (Å²) in [5.41, 5.74) is 11.5. The molecule has 0 radical (unpaired) electrons. The van der Waals surface area contributed by atoms with Crippen molar-refractivity contribution in [3.8, 4) is 11.5 Å². The van der Waals surface area contributed by atoms with Crippen molar-refractivity contribution in [1.82, 2.24) is 5.32 Å². The van der Waals surface area contributed by atoms with E-state index in [1.807, 2.05) is 12.1 Å². The minimum Gasteiger partial charge on any atom is -0.485 e. The highest BCUT2D eigenvalue weighted by molar-refractivity contribution is 5.43. The molecule has 4 heteroatoms. The fourth-order valence-corrected chi connectivity index (χ4v) is 2.92. The Morgan fingerprint density at radius 3 is 1.76 bits per heavy atom. The van der Waals surface area contributed by atoms with Crippen LogP contribution in [0.2, 0.25) is 0 Å². The zero-order valence-electron chi connectivity index (χ0n) is 17.3. The molecule has 0 amide bonds. The highest BCUT2D eigenvalue weighted by Gasteiger charge is 2.08. The first-order valence-corrected chi connectivity index (χ1v) is 10.0. The van der Waals surface area contributed by atoms with Gasteiger partial charge in [0.2, 0.25) is 0 Å². The first-order valence-electron chi connectivity index (χ1n) is 10.0. The summed E-state index contributed by atoms with van der Waals surface area (Å²) >= 11 is 0. The molecule has 0 aliphatic carbocycles. The number of hydrogen-bond acceptors (Lipinski definition) is 4. The van der Waals surface area contributed by atoms with Crippen LogP contribution < -0.4 is 20.5 Å². The second-order valence-electron chi connectivity index (χ2n) is 7.30. The minimum atomic E-state index is 0.501. The van der Waals surface area contributed by atoms with Gasteiger partial charge in [-0.15, -0.1) is 0 Å². The smallest absolute Gasteiger partial charge is 0.162 e. The maximum atomic E-state index is 6.14. The predicted molar refractivity (Wildman–Crippen MR) is 118 cm³/mol. The fraction of sp³-hybridized carbons (Fsp3) is 0.280. The van der Waals surface area contributed by atoms with Gasteiger partial charge in [0.05, 0.1) is 0 Å². The van der Waals surface area contributed by atoms with E-state index in [0.717, 1.165) is 41.3 Å². The lowest BCUT2D eigenvalue weighted by Crippen LogP contribution is -2.21. The van der Waals surface area contributed by atoms with Crippen molar-refractivity contribution < 1.29 is 9.47 Å². The van der Waals surface area contributed by atoms with Gasteiger partial charge in [0.1, 0.15) is 13.2 Å². The number of nitrogens with two attached hydrogens (primary N) is 1. The van der Waals surface area contributed by atoms with Crippen molar-refractivity contribution in [2.24, 2.45) is 5.73 Å². The molecule has 0 aromatic heterocycles. The highest BCUT2D eigenvalue weighted by atomic mass is 16.5. The van der Waals surface area contributed by atoms with E-state index < -0.39 is 0 Å². The van der Waals surface area contributed by atoms with Crippen LogP contribution >= 0.6 is 0 Å². The average Bonchev–Trinajstić information content (AvgIpc) is 2.74. The molecule has 3 N–H and O–H groups in total. The fourth-order valence-electron chi connectivity index (χ4n) is 2.92. The Morgan fingerprint density at radius 2 is 1.21 bits per heavy atom. The third-order valence-electron chi connectivity index (χ3n) is 4.69. The van der Waals surface area contributed by atoms with Crippen LogP contribution in [0.3, 0.4) is 0 Å². The first kappa shape index (κ1) is 20.9. The molecular formula is C25H30N2O2. The van der Waals surface area contributed by atoms with Gasteiger partial charge in [-0.25, -0.2) is 0 Å². The molecule has 3 aromatic rings. The van der Waals surface area contributed by atoms with Crippen molar-refractivity contribution in [3.63, 3.8) is 0 Å². The van der Waals surface area contributed by atoms with Gasteiger partial charge in [0.25, 0.3) is 0 Å². The van der Waals surface area contributed by atoms with E-state index in [4.69, 9.17) is 15.2 Å². The zero-order valence-corrected chi connectivity index (χ0v) is 17.3. The quantitative estimate of drug-likeness (QED) is 0.500. The maximum absolute atomic E-state index is 6.14. The molecule has 0 unspecified atom stereocenters. The van der Waals surface area contributed by atoms with Gasteiger partial charge in [0, 0.05) is 19.6 Å². The largest absolute Gasteiger partial charge is 0.485 e. The molecule has 29 heavy (non-hydrogen) atoms. The van der Waals surface area contributed by atoms with E-state index in [-0.39, 0.29) is 0 Å². The number of rotatable bonds is 10. The molecule has 0 fully saturated rings. The van der Waals surface area contributed by atoms with E-state index in [9.17, 15) is 0 Å². The number of aryl methyl sites for hydroxylation is 2. The summed E-state index contributed by atoms with van der Waals surface area (Å²) < 4.78 is 12.2. The lowest BCUT2D eigenvalue weighted by molar-refractivity contribution is 0.255. The monoisotopic (exact) mass is 390 g/mol. The van der Waals surface area contributed by atoms with E-state index in [1.165, 1.54) is 11.1 Å². The molecule has 3 aromatic carbocycles. The van der Waals surface area contributed by atoms with Crippen molar-refractivity contribution in [1.29, 1.82) is 0 Å². The molecule has 4 nitrogen and oxygen atoms in total. The maximum Gasteiger partial charge on any atom is 0.162 e. The van der Waals surface area contributed by atoms with E-state index in [2.05, 4.69) is 73.8 Å². The second kappa shape index (κ2) is 10.6. The lowest BCUT2D eigenvalue weighted by atomic mass is 10.1. The van der Waals surface area contributed by atoms with Crippen molar-refractivity contribution >= 4 is 0 Å². The van der Waals surface area contributed by atoms with Gasteiger partial charge in [-0.2, -0.15) is 0 Å². The molecule has 0 aliphatic rings. The van der Waals surface area contributed by atoms with Crippen LogP contribution in [-0.2, 0) is 19.8 Å². The summed E-state index contributed by atoms with van der Waals surface area (Å²) in [5, 5.41) is 3.32. The molecule has 0 saturated heterocycles. The average molecular weight is 391 g/mol. The lowest BCUT2D eigenvalue weighted by Gasteiger charge is -2.15. The Bertz CT molecular complexity index is 890. The molecule has 0 saturated carbocycles. The van der Waals surface area contributed by atoms with Gasteiger partial charge in [-0.05, 0) is 42.7 Å². The number of nitrogens with one attached hydrogen (secondary N) is 1. The Morgan fingerprint density at radius 1 is 0.690 bits per heavy atom. The third-order valence-corrected chi connectivity index (χ3v) is 4.69. The van der Waals surface area contributed by atoms with E-state index >= 15 is 0 Å². The SMILES string of the molecule is Cc1ccc(COc2ccc(CNCCN)cc2OCc2ccc(C)cc2)cc1. The normalized spacial score (nSPS) is 10.7. The summed E-state index contributed by atoms with van der Waals surface area (Å²) in [5.74, 6) is 1.50. The van der Waals surface area contributed by atoms with Crippen LogP contribution in [-0.4, -0.2) is 13.1 Å². The summed E-state index contributed by atoms with van der Waals surface area (Å²) in [6, 6.07) is 22.8. The van der Waals surface area contributed by atoms with Gasteiger partial charge in [-0.3, -0.25) is 0 Å². The summed E-state index contributed by atoms with van der Waals surface area (Å²) in [6.45, 7) is 7.32. The van der Waals surface area contributed by atoms with Crippen molar-refractivity contribution in [2.45, 2.75) is 33.6 Å². The minimum absolute atomic E-state index is 0.501. The van der Waals surface area contributed by atoms with Gasteiger partial charge in [0.15, 0.2) is 11.5 Å².